The lowest BCUT2D eigenvalue weighted by Crippen LogP contribution is -2.28. The van der Waals surface area contributed by atoms with Crippen molar-refractivity contribution in [3.05, 3.63) is 70.8 Å². The Morgan fingerprint density at radius 2 is 1.44 bits per heavy atom. The number of nitrogens with one attached hydrogen (secondary N) is 3. The maximum absolute atomic E-state index is 12.8. The molecule has 0 saturated heterocycles. The second-order valence-corrected chi connectivity index (χ2v) is 8.66. The number of aromatic nitrogens is 2. The lowest BCUT2D eigenvalue weighted by atomic mass is 10.2. The van der Waals surface area contributed by atoms with E-state index in [0.717, 1.165) is 13.0 Å². The van der Waals surface area contributed by atoms with Crippen molar-refractivity contribution in [2.45, 2.75) is 6.42 Å². The lowest BCUT2D eigenvalue weighted by Gasteiger charge is -2.10. The molecule has 0 aliphatic heterocycles. The van der Waals surface area contributed by atoms with E-state index in [2.05, 4.69) is 20.9 Å². The van der Waals surface area contributed by atoms with E-state index in [0.29, 0.717) is 39.9 Å². The number of hydrogen-bond acceptors (Lipinski definition) is 4. The predicted molar refractivity (Wildman–Crippen MR) is 134 cm³/mol. The number of carbonyl (C=O) groups excluding carboxylic acids is 3. The van der Waals surface area contributed by atoms with E-state index in [1.165, 1.54) is 0 Å². The topological polar surface area (TPSA) is 100 Å². The molecule has 0 atom stereocenters. The Morgan fingerprint density at radius 3 is 2.03 bits per heavy atom. The van der Waals surface area contributed by atoms with Crippen LogP contribution in [0.3, 0.4) is 0 Å². The molecule has 0 spiro atoms. The molecule has 180 valence electrons. The molecule has 10 heteroatoms. The van der Waals surface area contributed by atoms with Crippen LogP contribution >= 0.6 is 11.6 Å². The van der Waals surface area contributed by atoms with Crippen LogP contribution in [0, 0.1) is 0 Å². The van der Waals surface area contributed by atoms with E-state index in [-0.39, 0.29) is 17.7 Å². The molecule has 3 rings (SSSR count). The maximum atomic E-state index is 12.8. The van der Waals surface area contributed by atoms with Crippen LogP contribution < -0.4 is 16.0 Å². The lowest BCUT2D eigenvalue weighted by molar-refractivity contribution is 0.0942. The van der Waals surface area contributed by atoms with Crippen LogP contribution in [0.2, 0.25) is 5.02 Å². The van der Waals surface area contributed by atoms with Crippen LogP contribution in [0.5, 0.6) is 0 Å². The fraction of sp³-hybridized carbons (Fsp3) is 0.292. The summed E-state index contributed by atoms with van der Waals surface area (Å²) in [6.45, 7) is 1.45. The Labute approximate surface area is 203 Å². The Balaban J connectivity index is 1.63. The van der Waals surface area contributed by atoms with E-state index < -0.39 is 0 Å². The number of anilines is 2. The summed E-state index contributed by atoms with van der Waals surface area (Å²) in [7, 11) is 7.42. The number of carbonyl (C=O) groups is 3. The monoisotopic (exact) mass is 484 g/mol. The van der Waals surface area contributed by atoms with Crippen molar-refractivity contribution in [3.8, 4) is 0 Å². The molecule has 2 heterocycles. The zero-order valence-corrected chi connectivity index (χ0v) is 20.4. The summed E-state index contributed by atoms with van der Waals surface area (Å²) in [6, 6.07) is 9.93. The van der Waals surface area contributed by atoms with Gasteiger partial charge in [0.1, 0.15) is 11.4 Å². The van der Waals surface area contributed by atoms with E-state index in [1.807, 2.05) is 14.1 Å². The van der Waals surface area contributed by atoms with Gasteiger partial charge in [-0.1, -0.05) is 23.7 Å². The second-order valence-electron chi connectivity index (χ2n) is 8.25. The van der Waals surface area contributed by atoms with Crippen molar-refractivity contribution < 1.29 is 14.4 Å². The third-order valence-electron chi connectivity index (χ3n) is 5.18. The Morgan fingerprint density at radius 1 is 0.882 bits per heavy atom. The van der Waals surface area contributed by atoms with Gasteiger partial charge in [0, 0.05) is 33.0 Å². The molecule has 0 bridgehead atoms. The quantitative estimate of drug-likeness (QED) is 0.406. The second kappa shape index (κ2) is 11.0. The molecule has 2 aromatic heterocycles. The molecule has 0 unspecified atom stereocenters. The van der Waals surface area contributed by atoms with Crippen LogP contribution in [-0.4, -0.2) is 58.9 Å². The maximum Gasteiger partial charge on any atom is 0.272 e. The van der Waals surface area contributed by atoms with Gasteiger partial charge >= 0.3 is 0 Å². The van der Waals surface area contributed by atoms with Gasteiger partial charge in [-0.25, -0.2) is 0 Å². The van der Waals surface area contributed by atoms with E-state index in [1.54, 1.807) is 72.0 Å². The van der Waals surface area contributed by atoms with Gasteiger partial charge in [0.15, 0.2) is 0 Å². The molecule has 0 aliphatic rings. The van der Waals surface area contributed by atoms with Crippen molar-refractivity contribution in [2.24, 2.45) is 14.1 Å². The molecular formula is C24H29ClN6O3. The van der Waals surface area contributed by atoms with Gasteiger partial charge in [-0.3, -0.25) is 14.4 Å². The van der Waals surface area contributed by atoms with Crippen molar-refractivity contribution in [2.75, 3.05) is 37.8 Å². The summed E-state index contributed by atoms with van der Waals surface area (Å²) in [5.74, 6) is -0.943. The van der Waals surface area contributed by atoms with Crippen molar-refractivity contribution in [1.29, 1.82) is 0 Å². The molecule has 3 N–H and O–H groups in total. The Bertz CT molecular complexity index is 1200. The third-order valence-corrected chi connectivity index (χ3v) is 5.51. The minimum absolute atomic E-state index is 0.204. The molecule has 1 aromatic carbocycles. The Hall–Kier alpha value is -3.56. The van der Waals surface area contributed by atoms with Crippen molar-refractivity contribution >= 4 is 40.7 Å². The molecule has 0 aliphatic carbocycles. The summed E-state index contributed by atoms with van der Waals surface area (Å²) in [5.41, 5.74) is 2.08. The first-order valence-electron chi connectivity index (χ1n) is 10.8. The average molecular weight is 485 g/mol. The summed E-state index contributed by atoms with van der Waals surface area (Å²) < 4.78 is 3.27. The average Bonchev–Trinajstić information content (AvgIpc) is 3.32. The van der Waals surface area contributed by atoms with E-state index in [4.69, 9.17) is 11.6 Å². The number of aryl methyl sites for hydroxylation is 2. The molecule has 3 aromatic rings. The summed E-state index contributed by atoms with van der Waals surface area (Å²) >= 11 is 6.08. The standard InChI is InChI=1S/C24H29ClN6O3/c1-29(2)11-7-10-26-23(33)20-12-17(15-30(20)3)28-24(34)21-13-16(14-31(21)4)27-22(32)18-8-5-6-9-19(18)25/h5-6,8-9,12-15H,7,10-11H2,1-4H3,(H,26,33)(H,27,32)(H,28,34). The minimum Gasteiger partial charge on any atom is -0.351 e. The van der Waals surface area contributed by atoms with Gasteiger partial charge in [-0.2, -0.15) is 0 Å². The number of halogens is 1. The van der Waals surface area contributed by atoms with Crippen molar-refractivity contribution in [1.82, 2.24) is 19.4 Å². The van der Waals surface area contributed by atoms with Crippen LogP contribution in [0.1, 0.15) is 37.8 Å². The fourth-order valence-corrected chi connectivity index (χ4v) is 3.67. The van der Waals surface area contributed by atoms with Gasteiger partial charge in [-0.05, 0) is 51.3 Å². The summed E-state index contributed by atoms with van der Waals surface area (Å²) in [6.07, 6.45) is 4.16. The molecule has 0 fully saturated rings. The van der Waals surface area contributed by atoms with Crippen LogP contribution in [0.4, 0.5) is 11.4 Å². The van der Waals surface area contributed by atoms with Crippen LogP contribution in [-0.2, 0) is 14.1 Å². The van der Waals surface area contributed by atoms with Gasteiger partial charge in [0.2, 0.25) is 0 Å². The van der Waals surface area contributed by atoms with Crippen LogP contribution in [0.25, 0.3) is 0 Å². The van der Waals surface area contributed by atoms with E-state index >= 15 is 0 Å². The molecule has 0 radical (unpaired) electrons. The number of rotatable bonds is 9. The largest absolute Gasteiger partial charge is 0.351 e. The highest BCUT2D eigenvalue weighted by molar-refractivity contribution is 6.34. The molecule has 0 saturated carbocycles. The first kappa shape index (κ1) is 25.1. The first-order valence-corrected chi connectivity index (χ1v) is 11.2. The number of nitrogens with zero attached hydrogens (tertiary/aromatic N) is 3. The third kappa shape index (κ3) is 6.27. The number of hydrogen-bond donors (Lipinski definition) is 3. The zero-order valence-electron chi connectivity index (χ0n) is 19.7. The fourth-order valence-electron chi connectivity index (χ4n) is 3.44. The minimum atomic E-state index is -0.371. The van der Waals surface area contributed by atoms with Gasteiger partial charge in [0.25, 0.3) is 17.7 Å². The Kier molecular flexibility index (Phi) is 8.14. The molecule has 34 heavy (non-hydrogen) atoms. The summed E-state index contributed by atoms with van der Waals surface area (Å²) in [5, 5.41) is 8.79. The van der Waals surface area contributed by atoms with Gasteiger partial charge in [-0.15, -0.1) is 0 Å². The normalized spacial score (nSPS) is 10.9. The highest BCUT2D eigenvalue weighted by atomic mass is 35.5. The smallest absolute Gasteiger partial charge is 0.272 e. The molecular weight excluding hydrogens is 456 g/mol. The molecule has 3 amide bonds. The van der Waals surface area contributed by atoms with Gasteiger partial charge < -0.3 is 30.0 Å². The number of benzene rings is 1. The van der Waals surface area contributed by atoms with Crippen LogP contribution in [0.15, 0.2) is 48.8 Å². The van der Waals surface area contributed by atoms with Crippen molar-refractivity contribution in [3.63, 3.8) is 0 Å². The zero-order chi connectivity index (χ0) is 24.8. The number of amides is 3. The molecule has 9 nitrogen and oxygen atoms in total. The first-order chi connectivity index (χ1) is 16.2. The van der Waals surface area contributed by atoms with Gasteiger partial charge in [0.05, 0.1) is 22.0 Å². The predicted octanol–water partition coefficient (Wildman–Crippen LogP) is 3.20. The summed E-state index contributed by atoms with van der Waals surface area (Å²) in [4.78, 5) is 39.9. The SMILES string of the molecule is CN(C)CCCNC(=O)c1cc(NC(=O)c2cc(NC(=O)c3ccccc3Cl)cn2C)cn1C. The van der Waals surface area contributed by atoms with E-state index in [9.17, 15) is 14.4 Å². The highest BCUT2D eigenvalue weighted by Gasteiger charge is 2.17. The highest BCUT2D eigenvalue weighted by Crippen LogP contribution is 2.20.